The van der Waals surface area contributed by atoms with Gasteiger partial charge in [-0.3, -0.25) is 14.9 Å². The Morgan fingerprint density at radius 2 is 1.80 bits per heavy atom. The molecule has 216 valence electrons. The van der Waals surface area contributed by atoms with Crippen molar-refractivity contribution < 1.29 is 19.1 Å². The van der Waals surface area contributed by atoms with Crippen LogP contribution in [0.2, 0.25) is 5.02 Å². The van der Waals surface area contributed by atoms with Crippen LogP contribution in [-0.2, 0) is 15.0 Å². The number of aliphatic hydroxyl groups excluding tert-OH is 1. The molecule has 2 spiro atoms. The minimum Gasteiger partial charge on any atom is -0.393 e. The molecule has 5 atom stereocenters. The predicted molar refractivity (Wildman–Crippen MR) is 155 cm³/mol. The summed E-state index contributed by atoms with van der Waals surface area (Å²) in [4.78, 5) is 28.9. The lowest BCUT2D eigenvalue weighted by Crippen LogP contribution is -2.62. The maximum absolute atomic E-state index is 16.5. The molecule has 3 aliphatic carbocycles. The van der Waals surface area contributed by atoms with E-state index in [0.29, 0.717) is 49.2 Å². The number of carbonyl (C=O) groups is 2. The fourth-order valence-corrected chi connectivity index (χ4v) is 9.11. The number of nitrogens with one attached hydrogen (secondary N) is 3. The Morgan fingerprint density at radius 1 is 1.10 bits per heavy atom. The van der Waals surface area contributed by atoms with Crippen LogP contribution in [0.15, 0.2) is 41.5 Å². The van der Waals surface area contributed by atoms with Crippen LogP contribution >= 0.6 is 23.2 Å². The zero-order valence-electron chi connectivity index (χ0n) is 22.8. The molecule has 2 saturated carbocycles. The molecule has 2 heterocycles. The van der Waals surface area contributed by atoms with Crippen molar-refractivity contribution in [3.05, 3.63) is 52.0 Å². The second kappa shape index (κ2) is 10.4. The maximum Gasteiger partial charge on any atom is 0.237 e. The van der Waals surface area contributed by atoms with E-state index in [1.54, 1.807) is 37.3 Å². The van der Waals surface area contributed by atoms with E-state index in [1.165, 1.54) is 0 Å². The zero-order chi connectivity index (χ0) is 28.3. The number of fused-ring (bicyclic) bond motifs is 3. The van der Waals surface area contributed by atoms with Crippen molar-refractivity contribution >= 4 is 40.7 Å². The molecule has 2 amide bonds. The molecule has 9 heteroatoms. The van der Waals surface area contributed by atoms with Crippen LogP contribution in [0.5, 0.6) is 0 Å². The van der Waals surface area contributed by atoms with Gasteiger partial charge in [0.2, 0.25) is 11.8 Å². The molecule has 6 rings (SSSR count). The monoisotopic (exact) mass is 589 g/mol. The summed E-state index contributed by atoms with van der Waals surface area (Å²) >= 11 is 12.8. The first kappa shape index (κ1) is 28.2. The highest BCUT2D eigenvalue weighted by Crippen LogP contribution is 2.65. The Labute approximate surface area is 245 Å². The van der Waals surface area contributed by atoms with Gasteiger partial charge in [-0.1, -0.05) is 74.0 Å². The second-order valence-electron chi connectivity index (χ2n) is 12.7. The molecule has 0 bridgehead atoms. The number of hydrogen-bond acceptors (Lipinski definition) is 4. The number of hydrogen-bond donors (Lipinski definition) is 4. The van der Waals surface area contributed by atoms with Gasteiger partial charge in [-0.05, 0) is 62.3 Å². The number of carbonyl (C=O) groups excluding carboxylic acids is 2. The molecule has 2 aliphatic heterocycles. The summed E-state index contributed by atoms with van der Waals surface area (Å²) in [6.45, 7) is 1.80. The summed E-state index contributed by atoms with van der Waals surface area (Å²) in [5.41, 5.74) is -1.84. The van der Waals surface area contributed by atoms with E-state index in [9.17, 15) is 14.7 Å². The van der Waals surface area contributed by atoms with Crippen LogP contribution in [0.25, 0.3) is 0 Å². The summed E-state index contributed by atoms with van der Waals surface area (Å²) in [5.74, 6) is -1.22. The first-order chi connectivity index (χ1) is 19.1. The Bertz CT molecular complexity index is 1250. The minimum absolute atomic E-state index is 0.0668. The smallest absolute Gasteiger partial charge is 0.237 e. The first-order valence-electron chi connectivity index (χ1n) is 14.7. The molecule has 1 aromatic rings. The van der Waals surface area contributed by atoms with Crippen molar-refractivity contribution in [2.45, 2.75) is 106 Å². The maximum atomic E-state index is 16.5. The van der Waals surface area contributed by atoms with Crippen molar-refractivity contribution in [2.75, 3.05) is 5.32 Å². The zero-order valence-corrected chi connectivity index (χ0v) is 24.3. The van der Waals surface area contributed by atoms with Crippen LogP contribution < -0.4 is 16.0 Å². The fraction of sp³-hybridized carbons (Fsp3) is 0.613. The summed E-state index contributed by atoms with van der Waals surface area (Å²) < 4.78 is 16.5. The number of allylic oxidation sites excluding steroid dienone is 4. The third kappa shape index (κ3) is 4.18. The van der Waals surface area contributed by atoms with Crippen molar-refractivity contribution in [1.82, 2.24) is 10.6 Å². The van der Waals surface area contributed by atoms with Crippen molar-refractivity contribution in [1.29, 1.82) is 0 Å². The lowest BCUT2D eigenvalue weighted by atomic mass is 9.51. The number of aliphatic hydroxyl groups is 1. The molecule has 5 aliphatic rings. The molecule has 6 nitrogen and oxygen atoms in total. The Kier molecular flexibility index (Phi) is 7.34. The fourth-order valence-electron chi connectivity index (χ4n) is 8.63. The van der Waals surface area contributed by atoms with Gasteiger partial charge in [0.15, 0.2) is 0 Å². The third-order valence-corrected chi connectivity index (χ3v) is 11.0. The normalized spacial score (nSPS) is 38.6. The standard InChI is InChI=1S/C31H38Cl2FN3O3/c1-29(14-6-7-22(33)26(29)34)25-24(27(39)35-19-9-11-20(38)12-10-19)37-30(15-4-2-3-5-16-30)31(25)21-13-8-18(32)17-23(21)36-28(31)40/h6-8,13-14,17,19-20,24-26,37-38H,2-5,9-12,15-16H2,1H3,(H,35,39)(H,36,40). The van der Waals surface area contributed by atoms with Gasteiger partial charge < -0.3 is 15.7 Å². The number of benzene rings is 1. The summed E-state index contributed by atoms with van der Waals surface area (Å²) in [5, 5.41) is 20.7. The molecule has 0 aromatic heterocycles. The van der Waals surface area contributed by atoms with Crippen molar-refractivity contribution in [3.63, 3.8) is 0 Å². The summed E-state index contributed by atoms with van der Waals surface area (Å²) in [6.07, 6.45) is 11.0. The van der Waals surface area contributed by atoms with E-state index in [4.69, 9.17) is 23.2 Å². The lowest BCUT2D eigenvalue weighted by Gasteiger charge is -2.50. The van der Waals surface area contributed by atoms with Gasteiger partial charge in [-0.25, -0.2) is 4.39 Å². The van der Waals surface area contributed by atoms with E-state index in [1.807, 2.05) is 6.07 Å². The molecule has 4 N–H and O–H groups in total. The van der Waals surface area contributed by atoms with Crippen LogP contribution in [0.3, 0.4) is 0 Å². The number of alkyl halides is 1. The quantitative estimate of drug-likeness (QED) is 0.366. The van der Waals surface area contributed by atoms with Gasteiger partial charge in [-0.15, -0.1) is 0 Å². The van der Waals surface area contributed by atoms with E-state index in [0.717, 1.165) is 31.2 Å². The molecule has 3 fully saturated rings. The number of halogens is 3. The van der Waals surface area contributed by atoms with Crippen LogP contribution in [0.1, 0.15) is 76.7 Å². The van der Waals surface area contributed by atoms with Crippen molar-refractivity contribution in [3.8, 4) is 0 Å². The Morgan fingerprint density at radius 3 is 2.50 bits per heavy atom. The SMILES string of the molecule is CC1(C2C(C(=O)NC3CCC(O)CC3)NC3(CCCCCC3)C23C(=O)Nc2cc(Cl)ccc23)C=CC=C(Cl)C1F. The van der Waals surface area contributed by atoms with Crippen molar-refractivity contribution in [2.24, 2.45) is 11.3 Å². The predicted octanol–water partition coefficient (Wildman–Crippen LogP) is 5.67. The number of anilines is 1. The summed E-state index contributed by atoms with van der Waals surface area (Å²) in [7, 11) is 0. The minimum atomic E-state index is -1.59. The number of amides is 2. The van der Waals surface area contributed by atoms with Crippen LogP contribution in [0, 0.1) is 11.3 Å². The lowest BCUT2D eigenvalue weighted by molar-refractivity contribution is -0.129. The molecule has 5 unspecified atom stereocenters. The average molecular weight is 591 g/mol. The Hall–Kier alpha value is -1.93. The first-order valence-corrected chi connectivity index (χ1v) is 15.4. The largest absolute Gasteiger partial charge is 0.393 e. The summed E-state index contributed by atoms with van der Waals surface area (Å²) in [6, 6.07) is 4.50. The van der Waals surface area contributed by atoms with E-state index in [2.05, 4.69) is 16.0 Å². The highest BCUT2D eigenvalue weighted by Gasteiger charge is 2.75. The van der Waals surface area contributed by atoms with Gasteiger partial charge in [-0.2, -0.15) is 0 Å². The Balaban J connectivity index is 1.54. The number of rotatable bonds is 3. The average Bonchev–Trinajstić information content (AvgIpc) is 3.25. The van der Waals surface area contributed by atoms with Gasteiger partial charge in [0.05, 0.1) is 17.2 Å². The molecule has 0 radical (unpaired) electrons. The van der Waals surface area contributed by atoms with Crippen LogP contribution in [0.4, 0.5) is 10.1 Å². The molecule has 40 heavy (non-hydrogen) atoms. The molecule has 1 saturated heterocycles. The van der Waals surface area contributed by atoms with E-state index < -0.39 is 34.5 Å². The molecular weight excluding hydrogens is 552 g/mol. The molecular formula is C31H38Cl2FN3O3. The third-order valence-electron chi connectivity index (χ3n) is 10.5. The van der Waals surface area contributed by atoms with Gasteiger partial charge in [0, 0.05) is 33.6 Å². The molecule has 1 aromatic carbocycles. The van der Waals surface area contributed by atoms with Gasteiger partial charge in [0.1, 0.15) is 11.6 Å². The van der Waals surface area contributed by atoms with Crippen LogP contribution in [-0.4, -0.2) is 46.8 Å². The topological polar surface area (TPSA) is 90.5 Å². The second-order valence-corrected chi connectivity index (χ2v) is 13.6. The highest BCUT2D eigenvalue weighted by atomic mass is 35.5. The van der Waals surface area contributed by atoms with Gasteiger partial charge in [0.25, 0.3) is 0 Å². The van der Waals surface area contributed by atoms with Gasteiger partial charge >= 0.3 is 0 Å². The van der Waals surface area contributed by atoms with E-state index >= 15 is 4.39 Å². The van der Waals surface area contributed by atoms with E-state index in [-0.39, 0.29) is 29.0 Å². The highest BCUT2D eigenvalue weighted by molar-refractivity contribution is 6.31.